The molecule has 8 heteroatoms. The monoisotopic (exact) mass is 565 g/mol. The molecule has 170 valence electrons. The van der Waals surface area contributed by atoms with Crippen LogP contribution in [0.1, 0.15) is 32.9 Å². The van der Waals surface area contributed by atoms with Gasteiger partial charge in [-0.3, -0.25) is 0 Å². The van der Waals surface area contributed by atoms with Gasteiger partial charge in [0.05, 0.1) is 32.8 Å². The van der Waals surface area contributed by atoms with Gasteiger partial charge < -0.3 is 19.6 Å². The van der Waals surface area contributed by atoms with Crippen LogP contribution < -0.4 is 9.47 Å². The van der Waals surface area contributed by atoms with E-state index in [0.29, 0.717) is 22.9 Å². The number of fused-ring (bicyclic) bond motifs is 1. The molecule has 0 aliphatic rings. The first-order valence-electron chi connectivity index (χ1n) is 10.3. The highest BCUT2D eigenvalue weighted by Gasteiger charge is 2.14. The number of nitrogens with one attached hydrogen (secondary N) is 1. The second-order valence-electron chi connectivity index (χ2n) is 7.60. The number of carboxylic acid groups (broad SMARTS) is 1. The normalized spacial score (nSPS) is 11.3. The van der Waals surface area contributed by atoms with Crippen molar-refractivity contribution in [2.75, 3.05) is 7.11 Å². The van der Waals surface area contributed by atoms with Gasteiger partial charge in [-0.1, -0.05) is 18.2 Å². The number of H-pyrrole nitrogens is 1. The van der Waals surface area contributed by atoms with Gasteiger partial charge in [0.2, 0.25) is 0 Å². The molecular formula is C26H20IN3O4. The van der Waals surface area contributed by atoms with E-state index in [2.05, 4.69) is 38.6 Å². The van der Waals surface area contributed by atoms with Crippen LogP contribution in [-0.2, 0) is 6.61 Å². The van der Waals surface area contributed by atoms with Gasteiger partial charge in [0.1, 0.15) is 18.5 Å². The molecule has 0 aliphatic heterocycles. The number of ether oxygens (including phenoxy) is 2. The van der Waals surface area contributed by atoms with Crippen LogP contribution in [0.2, 0.25) is 0 Å². The van der Waals surface area contributed by atoms with Crippen LogP contribution in [0.5, 0.6) is 11.5 Å². The zero-order valence-electron chi connectivity index (χ0n) is 18.4. The zero-order chi connectivity index (χ0) is 24.2. The summed E-state index contributed by atoms with van der Waals surface area (Å²) in [6, 6.07) is 18.3. The third-order valence-electron chi connectivity index (χ3n) is 5.16. The molecule has 4 aromatic rings. The summed E-state index contributed by atoms with van der Waals surface area (Å²) in [5, 5.41) is 18.8. The quantitative estimate of drug-likeness (QED) is 0.216. The van der Waals surface area contributed by atoms with E-state index in [1.165, 1.54) is 0 Å². The summed E-state index contributed by atoms with van der Waals surface area (Å²) in [5.41, 5.74) is 5.01. The maximum atomic E-state index is 11.0. The molecule has 1 aromatic heterocycles. The molecule has 0 saturated heterocycles. The lowest BCUT2D eigenvalue weighted by molar-refractivity contribution is 0.0697. The standard InChI is InChI=1S/C26H20IN3O4/c1-15-3-8-21-22(9-15)30-25(29-21)19(13-28)10-17-11-20(27)24(23(12-17)33-2)34-14-16-4-6-18(7-5-16)26(31)32/h3-12H,14H2,1-2H3,(H,29,30)(H,31,32)/b19-10-. The predicted octanol–water partition coefficient (Wildman–Crippen LogP) is 5.83. The summed E-state index contributed by atoms with van der Waals surface area (Å²) in [4.78, 5) is 18.8. The van der Waals surface area contributed by atoms with Crippen LogP contribution in [0.25, 0.3) is 22.7 Å². The van der Waals surface area contributed by atoms with Gasteiger partial charge in [-0.25, -0.2) is 9.78 Å². The average Bonchev–Trinajstić information content (AvgIpc) is 3.24. The van der Waals surface area contributed by atoms with Crippen LogP contribution in [0.15, 0.2) is 54.6 Å². The maximum Gasteiger partial charge on any atom is 0.335 e. The number of imidazole rings is 1. The maximum absolute atomic E-state index is 11.0. The number of nitriles is 1. The SMILES string of the molecule is COc1cc(/C=C(/C#N)c2nc3ccc(C)cc3[nH]2)cc(I)c1OCc1ccc(C(=O)O)cc1. The zero-order valence-corrected chi connectivity index (χ0v) is 20.6. The Morgan fingerprint density at radius 3 is 2.65 bits per heavy atom. The van der Waals surface area contributed by atoms with Gasteiger partial charge in [0.15, 0.2) is 11.5 Å². The van der Waals surface area contributed by atoms with Crippen molar-refractivity contribution in [3.63, 3.8) is 0 Å². The number of aromatic nitrogens is 2. The van der Waals surface area contributed by atoms with Crippen molar-refractivity contribution >= 4 is 51.2 Å². The third kappa shape index (κ3) is 5.05. The number of benzene rings is 3. The van der Waals surface area contributed by atoms with E-state index in [-0.39, 0.29) is 12.2 Å². The largest absolute Gasteiger partial charge is 0.493 e. The van der Waals surface area contributed by atoms with Crippen LogP contribution >= 0.6 is 22.6 Å². The number of halogens is 1. The lowest BCUT2D eigenvalue weighted by atomic mass is 10.1. The molecule has 0 amide bonds. The molecule has 0 bridgehead atoms. The molecule has 4 rings (SSSR count). The minimum absolute atomic E-state index is 0.222. The molecule has 0 spiro atoms. The Labute approximate surface area is 209 Å². The lowest BCUT2D eigenvalue weighted by Gasteiger charge is -2.14. The van der Waals surface area contributed by atoms with E-state index in [1.54, 1.807) is 43.5 Å². The molecule has 0 saturated carbocycles. The molecule has 0 radical (unpaired) electrons. The van der Waals surface area contributed by atoms with Gasteiger partial charge in [-0.05, 0) is 88.7 Å². The molecule has 0 unspecified atom stereocenters. The first-order valence-corrected chi connectivity index (χ1v) is 11.4. The summed E-state index contributed by atoms with van der Waals surface area (Å²) < 4.78 is 12.3. The summed E-state index contributed by atoms with van der Waals surface area (Å²) in [7, 11) is 1.56. The van der Waals surface area contributed by atoms with Crippen LogP contribution in [0, 0.1) is 21.8 Å². The fourth-order valence-corrected chi connectivity index (χ4v) is 4.21. The van der Waals surface area contributed by atoms with Crippen LogP contribution in [0.4, 0.5) is 0 Å². The van der Waals surface area contributed by atoms with E-state index in [1.807, 2.05) is 31.2 Å². The van der Waals surface area contributed by atoms with Gasteiger partial charge in [-0.15, -0.1) is 0 Å². The molecule has 0 fully saturated rings. The predicted molar refractivity (Wildman–Crippen MR) is 138 cm³/mol. The summed E-state index contributed by atoms with van der Waals surface area (Å²) in [6.45, 7) is 2.26. The minimum Gasteiger partial charge on any atom is -0.493 e. The number of aromatic amines is 1. The average molecular weight is 565 g/mol. The first kappa shape index (κ1) is 23.3. The van der Waals surface area contributed by atoms with Crippen molar-refractivity contribution in [1.82, 2.24) is 9.97 Å². The molecule has 3 aromatic carbocycles. The van der Waals surface area contributed by atoms with Crippen molar-refractivity contribution in [1.29, 1.82) is 5.26 Å². The number of carboxylic acids is 1. The van der Waals surface area contributed by atoms with E-state index in [0.717, 1.165) is 31.3 Å². The minimum atomic E-state index is -0.971. The van der Waals surface area contributed by atoms with E-state index < -0.39 is 5.97 Å². The van der Waals surface area contributed by atoms with E-state index in [4.69, 9.17) is 14.6 Å². The van der Waals surface area contributed by atoms with Crippen molar-refractivity contribution in [2.45, 2.75) is 13.5 Å². The highest BCUT2D eigenvalue weighted by atomic mass is 127. The van der Waals surface area contributed by atoms with Crippen molar-refractivity contribution in [3.8, 4) is 17.6 Å². The topological polar surface area (TPSA) is 108 Å². The van der Waals surface area contributed by atoms with Crippen molar-refractivity contribution in [2.24, 2.45) is 0 Å². The molecule has 2 N–H and O–H groups in total. The fourth-order valence-electron chi connectivity index (χ4n) is 3.43. The highest BCUT2D eigenvalue weighted by molar-refractivity contribution is 14.1. The van der Waals surface area contributed by atoms with Crippen LogP contribution in [-0.4, -0.2) is 28.2 Å². The summed E-state index contributed by atoms with van der Waals surface area (Å²) in [5.74, 6) is 0.627. The van der Waals surface area contributed by atoms with Gasteiger partial charge in [0, 0.05) is 0 Å². The molecule has 0 atom stereocenters. The Bertz CT molecular complexity index is 1450. The Hall–Kier alpha value is -3.84. The highest BCUT2D eigenvalue weighted by Crippen LogP contribution is 2.35. The number of hydrogen-bond donors (Lipinski definition) is 2. The smallest absolute Gasteiger partial charge is 0.335 e. The van der Waals surface area contributed by atoms with Gasteiger partial charge in [-0.2, -0.15) is 5.26 Å². The number of aryl methyl sites for hydroxylation is 1. The number of hydrogen-bond acceptors (Lipinski definition) is 5. The number of methoxy groups -OCH3 is 1. The third-order valence-corrected chi connectivity index (χ3v) is 5.96. The number of nitrogens with zero attached hydrogens (tertiary/aromatic N) is 2. The summed E-state index contributed by atoms with van der Waals surface area (Å²) >= 11 is 2.16. The molecule has 7 nitrogen and oxygen atoms in total. The summed E-state index contributed by atoms with van der Waals surface area (Å²) in [6.07, 6.45) is 1.75. The number of rotatable bonds is 7. The molecular weight excluding hydrogens is 545 g/mol. The van der Waals surface area contributed by atoms with Crippen LogP contribution in [0.3, 0.4) is 0 Å². The Kier molecular flexibility index (Phi) is 6.84. The van der Waals surface area contributed by atoms with Crippen molar-refractivity contribution < 1.29 is 19.4 Å². The second kappa shape index (κ2) is 9.97. The fraction of sp³-hybridized carbons (Fsp3) is 0.115. The second-order valence-corrected chi connectivity index (χ2v) is 8.76. The molecule has 34 heavy (non-hydrogen) atoms. The lowest BCUT2D eigenvalue weighted by Crippen LogP contribution is -2.01. The Morgan fingerprint density at radius 2 is 1.97 bits per heavy atom. The number of allylic oxidation sites excluding steroid dienone is 1. The molecule has 0 aliphatic carbocycles. The number of aromatic carboxylic acids is 1. The van der Waals surface area contributed by atoms with Gasteiger partial charge in [0.25, 0.3) is 0 Å². The van der Waals surface area contributed by atoms with Gasteiger partial charge >= 0.3 is 5.97 Å². The number of carbonyl (C=O) groups is 1. The van der Waals surface area contributed by atoms with E-state index >= 15 is 0 Å². The Balaban J connectivity index is 1.60. The van der Waals surface area contributed by atoms with E-state index in [9.17, 15) is 10.1 Å². The van der Waals surface area contributed by atoms with Crippen molar-refractivity contribution in [3.05, 3.63) is 86.2 Å². The first-order chi connectivity index (χ1) is 16.4. The Morgan fingerprint density at radius 1 is 1.21 bits per heavy atom. The molecule has 1 heterocycles.